The van der Waals surface area contributed by atoms with E-state index in [4.69, 9.17) is 23.2 Å². The van der Waals surface area contributed by atoms with Gasteiger partial charge < -0.3 is 5.32 Å². The van der Waals surface area contributed by atoms with Crippen molar-refractivity contribution in [3.8, 4) is 0 Å². The second-order valence-corrected chi connectivity index (χ2v) is 6.07. The zero-order valence-corrected chi connectivity index (χ0v) is 13.7. The zero-order valence-electron chi connectivity index (χ0n) is 9.05. The van der Waals surface area contributed by atoms with E-state index >= 15 is 0 Å². The van der Waals surface area contributed by atoms with Gasteiger partial charge in [-0.15, -0.1) is 0 Å². The highest BCUT2D eigenvalue weighted by Gasteiger charge is 2.08. The molecule has 1 N–H and O–H groups in total. The Kier molecular flexibility index (Phi) is 4.90. The molecular weight excluding hydrogens is 403 g/mol. The van der Waals surface area contributed by atoms with Crippen molar-refractivity contribution in [1.82, 2.24) is 4.98 Å². The van der Waals surface area contributed by atoms with Crippen molar-refractivity contribution in [3.05, 3.63) is 55.1 Å². The normalized spacial score (nSPS) is 10.4. The minimum Gasteiger partial charge on any atom is -0.378 e. The molecule has 18 heavy (non-hydrogen) atoms. The third kappa shape index (κ3) is 3.38. The number of nitrogens with one attached hydrogen (secondary N) is 1. The van der Waals surface area contributed by atoms with Crippen LogP contribution in [0.25, 0.3) is 0 Å². The SMILES string of the molecule is Clc1c(Br)ccc(NCc2ccc(Br)cn2)c1Cl. The molecule has 2 aromatic rings. The summed E-state index contributed by atoms with van der Waals surface area (Å²) in [5, 5.41) is 4.21. The van der Waals surface area contributed by atoms with Crippen molar-refractivity contribution in [3.63, 3.8) is 0 Å². The lowest BCUT2D eigenvalue weighted by molar-refractivity contribution is 1.04. The third-order valence-electron chi connectivity index (χ3n) is 2.28. The smallest absolute Gasteiger partial charge is 0.0835 e. The zero-order chi connectivity index (χ0) is 13.1. The first-order valence-electron chi connectivity index (χ1n) is 5.05. The van der Waals surface area contributed by atoms with Crippen molar-refractivity contribution in [2.45, 2.75) is 6.54 Å². The van der Waals surface area contributed by atoms with E-state index in [1.165, 1.54) is 0 Å². The molecule has 0 saturated carbocycles. The maximum atomic E-state index is 6.14. The average molecular weight is 411 g/mol. The second kappa shape index (κ2) is 6.24. The number of halogens is 4. The first-order valence-corrected chi connectivity index (χ1v) is 7.40. The molecule has 0 aliphatic heterocycles. The Balaban J connectivity index is 2.11. The Morgan fingerprint density at radius 1 is 1.06 bits per heavy atom. The fourth-order valence-corrected chi connectivity index (χ4v) is 2.43. The Labute approximate surface area is 132 Å². The molecule has 2 nitrogen and oxygen atoms in total. The van der Waals surface area contributed by atoms with E-state index in [-0.39, 0.29) is 0 Å². The Morgan fingerprint density at radius 3 is 2.50 bits per heavy atom. The number of anilines is 1. The molecule has 1 aromatic carbocycles. The fourth-order valence-electron chi connectivity index (χ4n) is 1.36. The van der Waals surface area contributed by atoms with Gasteiger partial charge in [0.1, 0.15) is 0 Å². The molecule has 94 valence electrons. The van der Waals surface area contributed by atoms with Gasteiger partial charge in [0.15, 0.2) is 0 Å². The van der Waals surface area contributed by atoms with Crippen LogP contribution in [-0.4, -0.2) is 4.98 Å². The van der Waals surface area contributed by atoms with Crippen LogP contribution in [-0.2, 0) is 6.54 Å². The van der Waals surface area contributed by atoms with Crippen LogP contribution in [0.2, 0.25) is 10.0 Å². The lowest BCUT2D eigenvalue weighted by Crippen LogP contribution is -2.02. The van der Waals surface area contributed by atoms with Crippen LogP contribution in [0.3, 0.4) is 0 Å². The van der Waals surface area contributed by atoms with E-state index in [9.17, 15) is 0 Å². The van der Waals surface area contributed by atoms with Crippen LogP contribution in [0.15, 0.2) is 39.4 Å². The van der Waals surface area contributed by atoms with Crippen molar-refractivity contribution < 1.29 is 0 Å². The summed E-state index contributed by atoms with van der Waals surface area (Å²) in [6.45, 7) is 0.588. The molecule has 0 amide bonds. The van der Waals surface area contributed by atoms with E-state index in [1.807, 2.05) is 24.3 Å². The van der Waals surface area contributed by atoms with Crippen LogP contribution in [0, 0.1) is 0 Å². The van der Waals surface area contributed by atoms with Gasteiger partial charge in [0, 0.05) is 15.1 Å². The van der Waals surface area contributed by atoms with Crippen LogP contribution < -0.4 is 5.32 Å². The summed E-state index contributed by atoms with van der Waals surface area (Å²) in [5.41, 5.74) is 1.71. The Morgan fingerprint density at radius 2 is 1.83 bits per heavy atom. The number of benzene rings is 1. The summed E-state index contributed by atoms with van der Waals surface area (Å²) in [7, 11) is 0. The molecule has 0 unspecified atom stereocenters. The van der Waals surface area contributed by atoms with Gasteiger partial charge in [0.05, 0.1) is 28.0 Å². The molecule has 0 bridgehead atoms. The highest BCUT2D eigenvalue weighted by atomic mass is 79.9. The van der Waals surface area contributed by atoms with Crippen LogP contribution >= 0.6 is 55.1 Å². The Hall–Kier alpha value is -0.290. The summed E-state index contributed by atoms with van der Waals surface area (Å²) in [4.78, 5) is 4.27. The topological polar surface area (TPSA) is 24.9 Å². The first kappa shape index (κ1) is 14.1. The van der Waals surface area contributed by atoms with Crippen LogP contribution in [0.4, 0.5) is 5.69 Å². The standard InChI is InChI=1S/C12H8Br2Cl2N2/c13-7-1-2-8(17-5-7)6-18-10-4-3-9(14)11(15)12(10)16/h1-5,18H,6H2. The summed E-state index contributed by atoms with van der Waals surface area (Å²) >= 11 is 18.8. The first-order chi connectivity index (χ1) is 8.58. The molecule has 0 radical (unpaired) electrons. The minimum absolute atomic E-state index is 0.503. The van der Waals surface area contributed by atoms with Crippen molar-refractivity contribution >= 4 is 60.7 Å². The molecule has 2 rings (SSSR count). The molecule has 0 spiro atoms. The van der Waals surface area contributed by atoms with Crippen molar-refractivity contribution in [2.75, 3.05) is 5.32 Å². The maximum absolute atomic E-state index is 6.14. The van der Waals surface area contributed by atoms with E-state index < -0.39 is 0 Å². The highest BCUT2D eigenvalue weighted by Crippen LogP contribution is 2.35. The predicted octanol–water partition coefficient (Wildman–Crippen LogP) is 5.53. The van der Waals surface area contributed by atoms with E-state index in [0.29, 0.717) is 16.6 Å². The third-order valence-corrected chi connectivity index (χ3v) is 4.52. The van der Waals surface area contributed by atoms with Gasteiger partial charge in [0.25, 0.3) is 0 Å². The maximum Gasteiger partial charge on any atom is 0.0835 e. The van der Waals surface area contributed by atoms with Gasteiger partial charge in [-0.2, -0.15) is 0 Å². The monoisotopic (exact) mass is 408 g/mol. The van der Waals surface area contributed by atoms with E-state index in [1.54, 1.807) is 6.20 Å². The quantitative estimate of drug-likeness (QED) is 0.673. The highest BCUT2D eigenvalue weighted by molar-refractivity contribution is 9.10. The number of nitrogens with zero attached hydrogens (tertiary/aromatic N) is 1. The Bertz CT molecular complexity index is 559. The average Bonchev–Trinajstić information content (AvgIpc) is 2.37. The van der Waals surface area contributed by atoms with Crippen molar-refractivity contribution in [1.29, 1.82) is 0 Å². The molecule has 0 fully saturated rings. The summed E-state index contributed by atoms with van der Waals surface area (Å²) in [6, 6.07) is 7.61. The predicted molar refractivity (Wildman–Crippen MR) is 83.4 cm³/mol. The molecule has 6 heteroatoms. The molecule has 0 aliphatic carbocycles. The number of hydrogen-bond donors (Lipinski definition) is 1. The lowest BCUT2D eigenvalue weighted by Gasteiger charge is -2.10. The number of aromatic nitrogens is 1. The van der Waals surface area contributed by atoms with Gasteiger partial charge in [-0.05, 0) is 56.1 Å². The summed E-state index contributed by atoms with van der Waals surface area (Å²) < 4.78 is 1.73. The van der Waals surface area contributed by atoms with Gasteiger partial charge in [-0.1, -0.05) is 23.2 Å². The number of pyridine rings is 1. The molecule has 0 atom stereocenters. The molecule has 1 aromatic heterocycles. The van der Waals surface area contributed by atoms with E-state index in [2.05, 4.69) is 42.2 Å². The van der Waals surface area contributed by atoms with Crippen LogP contribution in [0.1, 0.15) is 5.69 Å². The fraction of sp³-hybridized carbons (Fsp3) is 0.0833. The number of hydrogen-bond acceptors (Lipinski definition) is 2. The van der Waals surface area contributed by atoms with Crippen molar-refractivity contribution in [2.24, 2.45) is 0 Å². The minimum atomic E-state index is 0.503. The summed E-state index contributed by atoms with van der Waals surface area (Å²) in [5.74, 6) is 0. The second-order valence-electron chi connectivity index (χ2n) is 3.54. The van der Waals surface area contributed by atoms with Gasteiger partial charge in [0.2, 0.25) is 0 Å². The van der Waals surface area contributed by atoms with Gasteiger partial charge in [-0.25, -0.2) is 0 Å². The summed E-state index contributed by atoms with van der Waals surface area (Å²) in [6.07, 6.45) is 1.76. The van der Waals surface area contributed by atoms with Gasteiger partial charge in [-0.3, -0.25) is 4.98 Å². The molecular formula is C12H8Br2Cl2N2. The molecule has 0 aliphatic rings. The van der Waals surface area contributed by atoms with E-state index in [0.717, 1.165) is 20.3 Å². The van der Waals surface area contributed by atoms with Gasteiger partial charge >= 0.3 is 0 Å². The largest absolute Gasteiger partial charge is 0.378 e. The lowest BCUT2D eigenvalue weighted by atomic mass is 10.3. The number of rotatable bonds is 3. The molecule has 1 heterocycles. The van der Waals surface area contributed by atoms with Crippen LogP contribution in [0.5, 0.6) is 0 Å². The molecule has 0 saturated heterocycles.